The first-order valence-electron chi connectivity index (χ1n) is 8.23. The van der Waals surface area contributed by atoms with Crippen molar-refractivity contribution in [1.29, 1.82) is 0 Å². The first-order chi connectivity index (χ1) is 12.5. The molecule has 1 fully saturated rings. The highest BCUT2D eigenvalue weighted by Gasteiger charge is 2.22. The second-order valence-electron chi connectivity index (χ2n) is 6.12. The smallest absolute Gasteiger partial charge is 0.262 e. The van der Waals surface area contributed by atoms with Crippen molar-refractivity contribution >= 4 is 43.9 Å². The highest BCUT2D eigenvalue weighted by Crippen LogP contribution is 2.31. The summed E-state index contributed by atoms with van der Waals surface area (Å²) in [4.78, 5) is 31.2. The molecular formula is C16H17N5O3S2. The number of nitrogens with zero attached hydrogens (tertiary/aromatic N) is 4. The van der Waals surface area contributed by atoms with Crippen molar-refractivity contribution in [3.05, 3.63) is 32.1 Å². The molecule has 0 aliphatic carbocycles. The van der Waals surface area contributed by atoms with Crippen LogP contribution in [0.5, 0.6) is 0 Å². The van der Waals surface area contributed by atoms with Gasteiger partial charge in [0.25, 0.3) is 5.56 Å². The lowest BCUT2D eigenvalue weighted by molar-refractivity contribution is -0.116. The second-order valence-corrected chi connectivity index (χ2v) is 8.37. The van der Waals surface area contributed by atoms with Gasteiger partial charge >= 0.3 is 0 Å². The van der Waals surface area contributed by atoms with Crippen LogP contribution < -0.4 is 10.9 Å². The molecule has 0 spiro atoms. The Morgan fingerprint density at radius 2 is 2.23 bits per heavy atom. The first-order valence-corrected chi connectivity index (χ1v) is 9.87. The fourth-order valence-electron chi connectivity index (χ4n) is 2.91. The number of hydrogen-bond donors (Lipinski definition) is 1. The van der Waals surface area contributed by atoms with E-state index in [0.29, 0.717) is 21.2 Å². The number of fused-ring (bicyclic) bond motifs is 1. The van der Waals surface area contributed by atoms with Crippen LogP contribution in [0.4, 0.5) is 5.13 Å². The Balaban J connectivity index is 1.51. The van der Waals surface area contributed by atoms with Crippen LogP contribution in [0.3, 0.4) is 0 Å². The van der Waals surface area contributed by atoms with Gasteiger partial charge in [-0.1, -0.05) is 11.3 Å². The molecule has 4 rings (SSSR count). The van der Waals surface area contributed by atoms with Gasteiger partial charge in [-0.05, 0) is 32.8 Å². The summed E-state index contributed by atoms with van der Waals surface area (Å²) in [6.07, 6.45) is 1.89. The highest BCUT2D eigenvalue weighted by molar-refractivity contribution is 7.18. The molecule has 8 nitrogen and oxygen atoms in total. The van der Waals surface area contributed by atoms with E-state index in [2.05, 4.69) is 20.5 Å². The van der Waals surface area contributed by atoms with Crippen LogP contribution in [0.1, 0.15) is 34.7 Å². The van der Waals surface area contributed by atoms with Crippen molar-refractivity contribution in [2.75, 3.05) is 11.9 Å². The number of aromatic nitrogens is 4. The third-order valence-corrected chi connectivity index (χ3v) is 6.03. The van der Waals surface area contributed by atoms with Crippen molar-refractivity contribution in [2.45, 2.75) is 39.3 Å². The second kappa shape index (κ2) is 6.86. The lowest BCUT2D eigenvalue weighted by Gasteiger charge is -2.08. The summed E-state index contributed by atoms with van der Waals surface area (Å²) in [6.45, 7) is 4.27. The minimum atomic E-state index is -0.335. The van der Waals surface area contributed by atoms with Gasteiger partial charge in [-0.3, -0.25) is 19.5 Å². The van der Waals surface area contributed by atoms with E-state index in [-0.39, 0.29) is 24.1 Å². The maximum absolute atomic E-state index is 12.6. The minimum absolute atomic E-state index is 0.0311. The number of aryl methyl sites for hydroxylation is 2. The van der Waals surface area contributed by atoms with Gasteiger partial charge in [0.2, 0.25) is 11.0 Å². The van der Waals surface area contributed by atoms with Gasteiger partial charge in [-0.25, -0.2) is 4.98 Å². The Morgan fingerprint density at radius 1 is 1.38 bits per heavy atom. The zero-order valence-corrected chi connectivity index (χ0v) is 15.9. The van der Waals surface area contributed by atoms with E-state index < -0.39 is 0 Å². The van der Waals surface area contributed by atoms with Crippen molar-refractivity contribution < 1.29 is 9.53 Å². The van der Waals surface area contributed by atoms with Gasteiger partial charge < -0.3 is 4.74 Å². The van der Waals surface area contributed by atoms with E-state index in [1.54, 1.807) is 6.92 Å². The molecule has 0 saturated carbocycles. The summed E-state index contributed by atoms with van der Waals surface area (Å²) in [5, 5.41) is 12.5. The molecule has 0 bridgehead atoms. The fraction of sp³-hybridized carbons (Fsp3) is 0.438. The van der Waals surface area contributed by atoms with Crippen LogP contribution in [-0.4, -0.2) is 32.3 Å². The van der Waals surface area contributed by atoms with E-state index in [0.717, 1.165) is 29.3 Å². The molecule has 4 heterocycles. The molecule has 0 radical (unpaired) electrons. The number of ether oxygens (including phenoxy) is 1. The summed E-state index contributed by atoms with van der Waals surface area (Å²) in [6, 6.07) is 1.81. The molecule has 10 heteroatoms. The predicted molar refractivity (Wildman–Crippen MR) is 99.8 cm³/mol. The average molecular weight is 391 g/mol. The number of anilines is 1. The van der Waals surface area contributed by atoms with Crippen LogP contribution in [-0.2, 0) is 16.1 Å². The Kier molecular flexibility index (Phi) is 4.55. The maximum atomic E-state index is 12.6. The average Bonchev–Trinajstić information content (AvgIpc) is 3.31. The van der Waals surface area contributed by atoms with Crippen molar-refractivity contribution in [1.82, 2.24) is 19.7 Å². The van der Waals surface area contributed by atoms with Crippen molar-refractivity contribution in [3.63, 3.8) is 0 Å². The number of rotatable bonds is 4. The number of carbonyl (C=O) groups excluding carboxylic acids is 1. The quantitative estimate of drug-likeness (QED) is 0.733. The molecule has 1 saturated heterocycles. The fourth-order valence-corrected chi connectivity index (χ4v) is 4.67. The van der Waals surface area contributed by atoms with Gasteiger partial charge in [0.15, 0.2) is 0 Å². The molecule has 3 aromatic heterocycles. The molecule has 3 aromatic rings. The molecule has 1 atom stereocenters. The van der Waals surface area contributed by atoms with Gasteiger partial charge in [0.05, 0.1) is 5.39 Å². The Morgan fingerprint density at radius 3 is 3.00 bits per heavy atom. The van der Waals surface area contributed by atoms with Crippen molar-refractivity contribution in [3.8, 4) is 0 Å². The van der Waals surface area contributed by atoms with Crippen LogP contribution in [0, 0.1) is 13.8 Å². The largest absolute Gasteiger partial charge is 0.371 e. The zero-order chi connectivity index (χ0) is 18.3. The number of carbonyl (C=O) groups is 1. The van der Waals surface area contributed by atoms with Gasteiger partial charge in [-0.15, -0.1) is 21.5 Å². The summed E-state index contributed by atoms with van der Waals surface area (Å²) in [5.41, 5.74) is -0.204. The molecule has 0 aromatic carbocycles. The predicted octanol–water partition coefficient (Wildman–Crippen LogP) is 2.42. The van der Waals surface area contributed by atoms with Gasteiger partial charge in [0.1, 0.15) is 28.3 Å². The van der Waals surface area contributed by atoms with Crippen molar-refractivity contribution in [2.24, 2.45) is 0 Å². The monoisotopic (exact) mass is 391 g/mol. The topological polar surface area (TPSA) is 99.0 Å². The van der Waals surface area contributed by atoms with Crippen LogP contribution >= 0.6 is 22.7 Å². The van der Waals surface area contributed by atoms with E-state index in [9.17, 15) is 9.59 Å². The Bertz CT molecular complexity index is 1030. The first kappa shape index (κ1) is 17.3. The molecule has 136 valence electrons. The summed E-state index contributed by atoms with van der Waals surface area (Å²) in [7, 11) is 0. The number of amides is 1. The summed E-state index contributed by atoms with van der Waals surface area (Å²) in [5.74, 6) is 0.176. The lowest BCUT2D eigenvalue weighted by Crippen LogP contribution is -2.29. The Labute approximate surface area is 156 Å². The molecule has 1 aliphatic rings. The maximum Gasteiger partial charge on any atom is 0.262 e. The molecule has 1 amide bonds. The lowest BCUT2D eigenvalue weighted by atomic mass is 10.2. The minimum Gasteiger partial charge on any atom is -0.371 e. The van der Waals surface area contributed by atoms with E-state index >= 15 is 0 Å². The molecule has 1 unspecified atom stereocenters. The molecule has 1 aliphatic heterocycles. The highest BCUT2D eigenvalue weighted by atomic mass is 32.1. The Hall–Kier alpha value is -2.17. The van der Waals surface area contributed by atoms with E-state index in [1.165, 1.54) is 27.2 Å². The molecule has 1 N–H and O–H groups in total. The number of nitrogens with one attached hydrogen (secondary N) is 1. The van der Waals surface area contributed by atoms with Gasteiger partial charge in [-0.2, -0.15) is 0 Å². The van der Waals surface area contributed by atoms with Crippen LogP contribution in [0.2, 0.25) is 0 Å². The summed E-state index contributed by atoms with van der Waals surface area (Å²) >= 11 is 2.77. The molecule has 26 heavy (non-hydrogen) atoms. The standard InChI is InChI=1S/C16H17N5O3S2/c1-8-6-10-13(25-8)17-9(2)21(15(10)23)7-12(22)18-16-20-19-14(26-16)11-4-3-5-24-11/h6,11H,3-5,7H2,1-2H3,(H,18,20,22). The van der Waals surface area contributed by atoms with E-state index in [4.69, 9.17) is 4.74 Å². The third kappa shape index (κ3) is 3.27. The third-order valence-electron chi connectivity index (χ3n) is 4.16. The van der Waals surface area contributed by atoms with Crippen LogP contribution in [0.25, 0.3) is 10.2 Å². The van der Waals surface area contributed by atoms with Gasteiger partial charge in [0, 0.05) is 11.5 Å². The van der Waals surface area contributed by atoms with E-state index in [1.807, 2.05) is 13.0 Å². The summed E-state index contributed by atoms with van der Waals surface area (Å²) < 4.78 is 6.95. The SMILES string of the molecule is Cc1cc2c(=O)n(CC(=O)Nc3nnc(C4CCCO4)s3)c(C)nc2s1. The molecular weight excluding hydrogens is 374 g/mol. The zero-order valence-electron chi connectivity index (χ0n) is 14.3. The number of hydrogen-bond acceptors (Lipinski definition) is 8. The normalized spacial score (nSPS) is 17.1. The van der Waals surface area contributed by atoms with Crippen LogP contribution in [0.15, 0.2) is 10.9 Å². The number of thiophene rings is 1.